The molecule has 2 rings (SSSR count). The lowest BCUT2D eigenvalue weighted by Crippen LogP contribution is -2.13. The van der Waals surface area contributed by atoms with Crippen molar-refractivity contribution in [3.05, 3.63) is 52.6 Å². The van der Waals surface area contributed by atoms with Crippen LogP contribution in [0.2, 0.25) is 0 Å². The monoisotopic (exact) mass is 374 g/mol. The molecular formula is C19H22N2O6. The molecule has 2 aromatic rings. The number of amides is 1. The van der Waals surface area contributed by atoms with Crippen LogP contribution in [0.3, 0.4) is 0 Å². The molecule has 0 fully saturated rings. The molecule has 0 aromatic heterocycles. The van der Waals surface area contributed by atoms with Crippen LogP contribution in [0.5, 0.6) is 17.2 Å². The van der Waals surface area contributed by atoms with Crippen molar-refractivity contribution < 1.29 is 23.9 Å². The highest BCUT2D eigenvalue weighted by Gasteiger charge is 2.13. The van der Waals surface area contributed by atoms with E-state index in [4.69, 9.17) is 14.2 Å². The van der Waals surface area contributed by atoms with Crippen molar-refractivity contribution in [2.45, 2.75) is 19.8 Å². The molecule has 2 aromatic carbocycles. The highest BCUT2D eigenvalue weighted by molar-refractivity contribution is 5.92. The maximum atomic E-state index is 12.1. The molecule has 0 heterocycles. The maximum Gasteiger partial charge on any atom is 0.273 e. The molecule has 0 aliphatic rings. The fourth-order valence-corrected chi connectivity index (χ4v) is 2.37. The first kappa shape index (κ1) is 20.0. The van der Waals surface area contributed by atoms with E-state index in [1.54, 1.807) is 0 Å². The third-order valence-corrected chi connectivity index (χ3v) is 3.62. The number of anilines is 1. The number of hydrogen-bond acceptors (Lipinski definition) is 6. The van der Waals surface area contributed by atoms with Gasteiger partial charge in [0.2, 0.25) is 5.91 Å². The summed E-state index contributed by atoms with van der Waals surface area (Å²) in [6.07, 6.45) is 0.735. The van der Waals surface area contributed by atoms with E-state index in [2.05, 4.69) is 5.32 Å². The van der Waals surface area contributed by atoms with Gasteiger partial charge in [-0.25, -0.2) is 0 Å². The second-order valence-electron chi connectivity index (χ2n) is 5.52. The van der Waals surface area contributed by atoms with Gasteiger partial charge in [-0.05, 0) is 31.5 Å². The number of nitro benzene ring substituents is 1. The molecule has 0 aliphatic heterocycles. The summed E-state index contributed by atoms with van der Waals surface area (Å²) in [5, 5.41) is 13.5. The predicted octanol–water partition coefficient (Wildman–Crippen LogP) is 3.80. The number of non-ortho nitro benzene ring substituents is 1. The van der Waals surface area contributed by atoms with Gasteiger partial charge in [-0.2, -0.15) is 0 Å². The van der Waals surface area contributed by atoms with Gasteiger partial charge in [0, 0.05) is 12.5 Å². The molecule has 1 N–H and O–H groups in total. The summed E-state index contributed by atoms with van der Waals surface area (Å²) in [6, 6.07) is 11.4. The normalized spacial score (nSPS) is 10.1. The molecule has 0 spiro atoms. The van der Waals surface area contributed by atoms with Crippen LogP contribution in [-0.2, 0) is 4.79 Å². The molecule has 0 bridgehead atoms. The fourth-order valence-electron chi connectivity index (χ4n) is 2.37. The quantitative estimate of drug-likeness (QED) is 0.386. The van der Waals surface area contributed by atoms with Gasteiger partial charge < -0.3 is 19.5 Å². The van der Waals surface area contributed by atoms with Crippen LogP contribution < -0.4 is 19.5 Å². The Hall–Kier alpha value is -3.29. The number of hydrogen-bond donors (Lipinski definition) is 1. The summed E-state index contributed by atoms with van der Waals surface area (Å²) >= 11 is 0. The van der Waals surface area contributed by atoms with Gasteiger partial charge in [0.25, 0.3) is 5.69 Å². The number of carbonyl (C=O) groups is 1. The first-order valence-corrected chi connectivity index (χ1v) is 8.52. The minimum atomic E-state index is -0.522. The van der Waals surface area contributed by atoms with Gasteiger partial charge in [-0.3, -0.25) is 14.9 Å². The Labute approximate surface area is 157 Å². The third kappa shape index (κ3) is 5.88. The minimum absolute atomic E-state index is 0.105. The topological polar surface area (TPSA) is 99.9 Å². The van der Waals surface area contributed by atoms with Crippen molar-refractivity contribution >= 4 is 17.3 Å². The second-order valence-corrected chi connectivity index (χ2v) is 5.52. The maximum absolute atomic E-state index is 12.1. The van der Waals surface area contributed by atoms with Crippen molar-refractivity contribution in [2.24, 2.45) is 0 Å². The molecule has 0 unspecified atom stereocenters. The number of carbonyl (C=O) groups excluding carboxylic acids is 1. The first-order chi connectivity index (χ1) is 13.0. The van der Waals surface area contributed by atoms with E-state index in [0.717, 1.165) is 0 Å². The SMILES string of the molecule is CCOc1ccccc1OCCCC(=O)Nc1ccc([N+](=O)[O-])cc1OC. The third-order valence-electron chi connectivity index (χ3n) is 3.62. The fraction of sp³-hybridized carbons (Fsp3) is 0.316. The Bertz CT molecular complexity index is 794. The standard InChI is InChI=1S/C19H22N2O6/c1-3-26-16-7-4-5-8-17(16)27-12-6-9-19(22)20-15-11-10-14(21(23)24)13-18(15)25-2/h4-5,7-8,10-11,13H,3,6,9,12H2,1-2H3,(H,20,22). The zero-order valence-electron chi connectivity index (χ0n) is 15.3. The highest BCUT2D eigenvalue weighted by Crippen LogP contribution is 2.29. The van der Waals surface area contributed by atoms with Gasteiger partial charge in [0.15, 0.2) is 11.5 Å². The molecule has 0 saturated heterocycles. The van der Waals surface area contributed by atoms with Crippen molar-refractivity contribution in [3.8, 4) is 17.2 Å². The van der Waals surface area contributed by atoms with Crippen LogP contribution in [0.15, 0.2) is 42.5 Å². The smallest absolute Gasteiger partial charge is 0.273 e. The average Bonchev–Trinajstić information content (AvgIpc) is 2.66. The summed E-state index contributed by atoms with van der Waals surface area (Å²) < 4.78 is 16.3. The van der Waals surface area contributed by atoms with Gasteiger partial charge in [-0.1, -0.05) is 12.1 Å². The van der Waals surface area contributed by atoms with E-state index in [0.29, 0.717) is 36.8 Å². The summed E-state index contributed by atoms with van der Waals surface area (Å²) in [7, 11) is 1.39. The Morgan fingerprint density at radius 1 is 1.11 bits per heavy atom. The number of nitrogens with zero attached hydrogens (tertiary/aromatic N) is 1. The van der Waals surface area contributed by atoms with Crippen molar-refractivity contribution in [1.29, 1.82) is 0 Å². The summed E-state index contributed by atoms with van der Waals surface area (Å²) in [5.41, 5.74) is 0.280. The van der Waals surface area contributed by atoms with Crippen molar-refractivity contribution in [2.75, 3.05) is 25.6 Å². The van der Waals surface area contributed by atoms with E-state index in [-0.39, 0.29) is 23.8 Å². The summed E-state index contributed by atoms with van der Waals surface area (Å²) in [6.45, 7) is 2.79. The van der Waals surface area contributed by atoms with E-state index in [9.17, 15) is 14.9 Å². The average molecular weight is 374 g/mol. The van der Waals surface area contributed by atoms with E-state index >= 15 is 0 Å². The summed E-state index contributed by atoms with van der Waals surface area (Å²) in [5.74, 6) is 1.31. The van der Waals surface area contributed by atoms with Crippen molar-refractivity contribution in [1.82, 2.24) is 0 Å². The van der Waals surface area contributed by atoms with Crippen LogP contribution in [0.1, 0.15) is 19.8 Å². The van der Waals surface area contributed by atoms with Crippen LogP contribution in [0.4, 0.5) is 11.4 Å². The minimum Gasteiger partial charge on any atom is -0.494 e. The highest BCUT2D eigenvalue weighted by atomic mass is 16.6. The molecule has 0 aliphatic carbocycles. The second kappa shape index (κ2) is 10.0. The Morgan fingerprint density at radius 3 is 2.44 bits per heavy atom. The molecule has 144 valence electrons. The summed E-state index contributed by atoms with van der Waals surface area (Å²) in [4.78, 5) is 22.4. The Kier molecular flexibility index (Phi) is 7.42. The zero-order valence-corrected chi connectivity index (χ0v) is 15.3. The lowest BCUT2D eigenvalue weighted by Gasteiger charge is -2.12. The molecule has 0 atom stereocenters. The Balaban J connectivity index is 1.84. The predicted molar refractivity (Wildman–Crippen MR) is 101 cm³/mol. The first-order valence-electron chi connectivity index (χ1n) is 8.52. The molecule has 8 nitrogen and oxygen atoms in total. The van der Waals surface area contributed by atoms with Gasteiger partial charge in [-0.15, -0.1) is 0 Å². The number of para-hydroxylation sites is 2. The van der Waals surface area contributed by atoms with Crippen molar-refractivity contribution in [3.63, 3.8) is 0 Å². The number of nitrogens with one attached hydrogen (secondary N) is 1. The van der Waals surface area contributed by atoms with Gasteiger partial charge in [0.05, 0.1) is 37.0 Å². The molecule has 0 saturated carbocycles. The number of nitro groups is 1. The molecule has 1 amide bonds. The van der Waals surface area contributed by atoms with Crippen LogP contribution in [0, 0.1) is 10.1 Å². The molecular weight excluding hydrogens is 352 g/mol. The number of benzene rings is 2. The number of methoxy groups -OCH3 is 1. The van der Waals surface area contributed by atoms with Gasteiger partial charge in [0.1, 0.15) is 5.75 Å². The van der Waals surface area contributed by atoms with Crippen LogP contribution in [-0.4, -0.2) is 31.2 Å². The lowest BCUT2D eigenvalue weighted by atomic mass is 10.2. The van der Waals surface area contributed by atoms with Crippen LogP contribution in [0.25, 0.3) is 0 Å². The number of rotatable bonds is 10. The van der Waals surface area contributed by atoms with E-state index in [1.165, 1.54) is 25.3 Å². The Morgan fingerprint density at radius 2 is 1.81 bits per heavy atom. The molecule has 27 heavy (non-hydrogen) atoms. The lowest BCUT2D eigenvalue weighted by molar-refractivity contribution is -0.384. The van der Waals surface area contributed by atoms with E-state index < -0.39 is 4.92 Å². The van der Waals surface area contributed by atoms with E-state index in [1.807, 2.05) is 31.2 Å². The number of ether oxygens (including phenoxy) is 3. The van der Waals surface area contributed by atoms with Crippen LogP contribution >= 0.6 is 0 Å². The zero-order chi connectivity index (χ0) is 19.6. The molecule has 8 heteroatoms. The molecule has 0 radical (unpaired) electrons. The van der Waals surface area contributed by atoms with Gasteiger partial charge >= 0.3 is 0 Å². The largest absolute Gasteiger partial charge is 0.494 e.